The molecule has 0 atom stereocenters. The van der Waals surface area contributed by atoms with Crippen molar-refractivity contribution in [2.75, 3.05) is 0 Å². The van der Waals surface area contributed by atoms with Crippen molar-refractivity contribution in [3.05, 3.63) is 122 Å². The molecule has 0 heterocycles. The van der Waals surface area contributed by atoms with Crippen molar-refractivity contribution in [2.24, 2.45) is 0 Å². The lowest BCUT2D eigenvalue weighted by Gasteiger charge is -2.31. The lowest BCUT2D eigenvalue weighted by Crippen LogP contribution is -2.08. The number of terminal acetylenes is 3. The van der Waals surface area contributed by atoms with Crippen LogP contribution in [0, 0.1) is 249 Å². The van der Waals surface area contributed by atoms with Crippen LogP contribution in [0.4, 0.5) is 0 Å². The predicted molar refractivity (Wildman–Crippen MR) is 323 cm³/mol. The van der Waals surface area contributed by atoms with Gasteiger partial charge in [0.1, 0.15) is 0 Å². The molecule has 7 rings (SSSR count). The molecule has 0 unspecified atom stereocenters. The summed E-state index contributed by atoms with van der Waals surface area (Å²) in [6, 6.07) is 0. The van der Waals surface area contributed by atoms with Gasteiger partial charge in [-0.2, -0.15) is 0 Å². The van der Waals surface area contributed by atoms with Gasteiger partial charge < -0.3 is 0 Å². The number of hydrogen-bond donors (Lipinski definition) is 0. The maximum Gasteiger partial charge on any atom is 0.0568 e. The van der Waals surface area contributed by atoms with Crippen LogP contribution in [-0.2, 0) is 0 Å². The summed E-state index contributed by atoms with van der Waals surface area (Å²) in [6.45, 7) is 42.1. The quantitative estimate of drug-likeness (QED) is 0.0920. The fourth-order valence-corrected chi connectivity index (χ4v) is 11.7. The first-order valence-electron chi connectivity index (χ1n) is 25.1. The molecule has 0 aromatic heterocycles. The van der Waals surface area contributed by atoms with Crippen molar-refractivity contribution in [1.29, 1.82) is 0 Å². The van der Waals surface area contributed by atoms with E-state index in [-0.39, 0.29) is 0 Å². The van der Waals surface area contributed by atoms with Crippen LogP contribution in [-0.4, -0.2) is 0 Å². The Bertz CT molecular complexity index is 4430. The van der Waals surface area contributed by atoms with E-state index in [9.17, 15) is 0 Å². The molecule has 0 aliphatic rings. The van der Waals surface area contributed by atoms with Gasteiger partial charge in [-0.15, -0.1) is 25.2 Å². The van der Waals surface area contributed by atoms with E-state index in [1.807, 2.05) is 13.8 Å². The number of aryl methyl sites for hydroxylation is 7. The molecule has 0 saturated carbocycles. The maximum absolute atomic E-state index is 6.48. The van der Waals surface area contributed by atoms with Crippen LogP contribution in [0.15, 0.2) is 0 Å². The number of fused-ring (bicyclic) bond motifs is 5. The minimum absolute atomic E-state index is 0.616. The molecule has 0 aliphatic heterocycles. The predicted octanol–water partition coefficient (Wildman–Crippen LogP) is 15.6. The Morgan fingerprint density at radius 3 is 1.04 bits per heavy atom. The van der Waals surface area contributed by atoms with E-state index < -0.39 is 0 Å². The van der Waals surface area contributed by atoms with Crippen LogP contribution in [0.25, 0.3) is 65.3 Å². The number of hydrogen-bond acceptors (Lipinski definition) is 0. The van der Waals surface area contributed by atoms with Gasteiger partial charge in [-0.1, -0.05) is 35.5 Å². The molecule has 0 spiro atoms. The highest BCUT2D eigenvalue weighted by Gasteiger charge is 2.32. The Labute approximate surface area is 448 Å². The summed E-state index contributed by atoms with van der Waals surface area (Å²) in [5, 5.41) is 8.50. The smallest absolute Gasteiger partial charge is 0.0568 e. The zero-order chi connectivity index (χ0) is 55.1. The van der Waals surface area contributed by atoms with Gasteiger partial charge in [0.2, 0.25) is 0 Å². The lowest BCUT2D eigenvalue weighted by molar-refractivity contribution is 1.18. The zero-order valence-electron chi connectivity index (χ0n) is 47.2. The highest BCUT2D eigenvalue weighted by Crippen LogP contribution is 2.55. The monoisotopic (exact) mass is 960 g/mol. The summed E-state index contributed by atoms with van der Waals surface area (Å²) in [7, 11) is 0. The summed E-state index contributed by atoms with van der Waals surface area (Å²) < 4.78 is 0. The second kappa shape index (κ2) is 21.1. The van der Waals surface area contributed by atoms with Gasteiger partial charge >= 0.3 is 0 Å². The number of benzene rings is 7. The van der Waals surface area contributed by atoms with Crippen LogP contribution < -0.4 is 0 Å². The van der Waals surface area contributed by atoms with Gasteiger partial charge in [-0.05, 0) is 341 Å². The second-order valence-corrected chi connectivity index (χ2v) is 19.7. The summed E-state index contributed by atoms with van der Waals surface area (Å²) in [6.07, 6.45) is 17.8. The van der Waals surface area contributed by atoms with Crippen LogP contribution in [0.5, 0.6) is 0 Å². The highest BCUT2D eigenvalue weighted by molar-refractivity contribution is 6.29. The van der Waals surface area contributed by atoms with Crippen molar-refractivity contribution in [3.63, 3.8) is 0 Å². The Hall–Kier alpha value is -9.26. The fraction of sp³-hybridized carbons (Fsp3) is 0.253. The Kier molecular flexibility index (Phi) is 15.0. The molecular weight excluding hydrogens is 901 g/mol. The second-order valence-electron chi connectivity index (χ2n) is 19.7. The lowest BCUT2D eigenvalue weighted by atomic mass is 9.72. The molecule has 0 nitrogen and oxygen atoms in total. The van der Waals surface area contributed by atoms with Gasteiger partial charge in [0.25, 0.3) is 0 Å². The van der Waals surface area contributed by atoms with E-state index >= 15 is 0 Å². The summed E-state index contributed by atoms with van der Waals surface area (Å²) in [4.78, 5) is 0. The van der Waals surface area contributed by atoms with E-state index in [0.717, 1.165) is 66.1 Å². The third kappa shape index (κ3) is 8.35. The fourth-order valence-electron chi connectivity index (χ4n) is 11.7. The molecule has 0 N–H and O–H groups in total. The van der Waals surface area contributed by atoms with E-state index in [0.29, 0.717) is 16.7 Å². The van der Waals surface area contributed by atoms with Crippen LogP contribution in [0.3, 0.4) is 0 Å². The normalized spacial score (nSPS) is 9.97. The van der Waals surface area contributed by atoms with E-state index in [2.05, 4.69) is 223 Å². The average Bonchev–Trinajstić information content (AvgIpc) is 3.41. The van der Waals surface area contributed by atoms with Crippen molar-refractivity contribution < 1.29 is 0 Å². The molecule has 75 heavy (non-hydrogen) atoms. The first-order valence-corrected chi connectivity index (χ1v) is 25.1. The highest BCUT2D eigenvalue weighted by atomic mass is 14.3. The number of rotatable bonds is 2. The van der Waals surface area contributed by atoms with Crippen molar-refractivity contribution in [2.45, 2.75) is 132 Å². The molecule has 0 heteroatoms. The van der Waals surface area contributed by atoms with Crippen LogP contribution >= 0.6 is 0 Å². The van der Waals surface area contributed by atoms with Gasteiger partial charge in [0.15, 0.2) is 0 Å². The molecule has 7 aromatic rings. The van der Waals surface area contributed by atoms with E-state index in [1.165, 1.54) is 105 Å². The molecule has 7 aromatic carbocycles. The molecular formula is C75H60. The van der Waals surface area contributed by atoms with Crippen molar-refractivity contribution in [1.82, 2.24) is 0 Å². The summed E-state index contributed by atoms with van der Waals surface area (Å²) >= 11 is 0. The molecule has 360 valence electrons. The Morgan fingerprint density at radius 2 is 0.573 bits per heavy atom. The first-order chi connectivity index (χ1) is 35.7. The topological polar surface area (TPSA) is 0 Å². The van der Waals surface area contributed by atoms with Gasteiger partial charge in [-0.25, -0.2) is 0 Å². The van der Waals surface area contributed by atoms with Crippen molar-refractivity contribution in [3.8, 4) is 154 Å². The van der Waals surface area contributed by atoms with Gasteiger partial charge in [0, 0.05) is 38.4 Å². The molecule has 0 fully saturated rings. The van der Waals surface area contributed by atoms with Crippen LogP contribution in [0.1, 0.15) is 136 Å². The minimum Gasteiger partial charge on any atom is -0.115 e. The van der Waals surface area contributed by atoms with Gasteiger partial charge in [0.05, 0.1) is 11.1 Å². The largest absolute Gasteiger partial charge is 0.115 e. The van der Waals surface area contributed by atoms with Gasteiger partial charge in [-0.3, -0.25) is 0 Å². The third-order valence-electron chi connectivity index (χ3n) is 16.6. The molecule has 0 bridgehead atoms. The first kappa shape index (κ1) is 53.5. The maximum atomic E-state index is 6.48. The molecule has 0 amide bonds. The summed E-state index contributed by atoms with van der Waals surface area (Å²) in [5.41, 5.74) is 28.9. The third-order valence-corrected chi connectivity index (χ3v) is 16.6. The standard InChI is InChI=1S/C75H60/c1-23-28-31-32-33-34-35-37-40-60-58(22)65-55(19)56(20)66(63(41-36-29-24-2)73(65)72-62(39-30-25-3)61(38-26-4)59(27-5)57(21)67(60)72)75-70-53(17)47(11)45(9)51(15)68(70)74(64-49(13)43(7)42(6)44(8)50(64)14)69-52(16)46(10)48(12)54(18)71(69)75/h1,3,5H,2,4,6-22H3. The van der Waals surface area contributed by atoms with E-state index in [1.54, 1.807) is 6.92 Å². The zero-order valence-corrected chi connectivity index (χ0v) is 47.2. The Morgan fingerprint density at radius 1 is 0.213 bits per heavy atom. The SMILES string of the molecule is C#CC#CC#CC#CC#Cc1c(C)c2c(C)c(C)c(-c3c4c(C)c(C)c(C)c(C)c4c(-c4c(C)c(C)c(C)c(C)c4C)c4c(C)c(C)c(C)c(C)c34)c(C#CC#CC)c2c2c(C#CC#C)c(C#CC)c(C#C)c(C)c12. The molecule has 0 radical (unpaired) electrons. The van der Waals surface area contributed by atoms with Crippen molar-refractivity contribution >= 4 is 43.1 Å². The minimum atomic E-state index is 0.616. The van der Waals surface area contributed by atoms with Crippen LogP contribution in [0.2, 0.25) is 0 Å². The Balaban J connectivity index is 1.99. The average molecular weight is 961 g/mol. The molecule has 0 aliphatic carbocycles. The molecule has 0 saturated heterocycles. The summed E-state index contributed by atoms with van der Waals surface area (Å²) in [5.74, 6) is 56.9. The van der Waals surface area contributed by atoms with E-state index in [4.69, 9.17) is 19.3 Å².